The van der Waals surface area contributed by atoms with Gasteiger partial charge in [0.05, 0.1) is 18.0 Å². The molecule has 1 atom stereocenters. The van der Waals surface area contributed by atoms with Crippen LogP contribution in [-0.4, -0.2) is 41.2 Å². The molecule has 8 heteroatoms. The molecule has 8 nitrogen and oxygen atoms in total. The quantitative estimate of drug-likeness (QED) is 0.637. The van der Waals surface area contributed by atoms with Crippen LogP contribution in [-0.2, 0) is 4.79 Å². The summed E-state index contributed by atoms with van der Waals surface area (Å²) in [5.74, 6) is -0.845. The van der Waals surface area contributed by atoms with Crippen molar-refractivity contribution in [1.82, 2.24) is 4.98 Å². The van der Waals surface area contributed by atoms with E-state index >= 15 is 0 Å². The molecule has 1 unspecified atom stereocenters. The number of hydrogen-bond donors (Lipinski definition) is 1. The van der Waals surface area contributed by atoms with Gasteiger partial charge >= 0.3 is 11.7 Å². The van der Waals surface area contributed by atoms with Crippen molar-refractivity contribution in [3.63, 3.8) is 0 Å². The minimum Gasteiger partial charge on any atom is -0.481 e. The third-order valence-corrected chi connectivity index (χ3v) is 3.54. The molecule has 0 amide bonds. The van der Waals surface area contributed by atoms with Crippen molar-refractivity contribution in [3.8, 4) is 5.88 Å². The molecule has 2 heterocycles. The number of nitrogens with zero attached hydrogens (tertiary/aromatic N) is 3. The van der Waals surface area contributed by atoms with Crippen molar-refractivity contribution in [2.45, 2.75) is 6.92 Å². The minimum atomic E-state index is -0.859. The number of rotatable bonds is 5. The van der Waals surface area contributed by atoms with E-state index in [4.69, 9.17) is 9.84 Å². The summed E-state index contributed by atoms with van der Waals surface area (Å²) in [7, 11) is 1.43. The van der Waals surface area contributed by atoms with Gasteiger partial charge in [-0.3, -0.25) is 14.9 Å². The van der Waals surface area contributed by atoms with Crippen LogP contribution >= 0.6 is 0 Å². The van der Waals surface area contributed by atoms with E-state index in [-0.39, 0.29) is 17.4 Å². The predicted octanol–water partition coefficient (Wildman–Crippen LogP) is 1.16. The molecule has 1 fully saturated rings. The predicted molar refractivity (Wildman–Crippen MR) is 69.9 cm³/mol. The number of carboxylic acids is 1. The van der Waals surface area contributed by atoms with Gasteiger partial charge in [0, 0.05) is 31.1 Å². The highest BCUT2D eigenvalue weighted by Crippen LogP contribution is 2.35. The molecule has 1 saturated heterocycles. The summed E-state index contributed by atoms with van der Waals surface area (Å²) in [4.78, 5) is 27.2. The van der Waals surface area contributed by atoms with Crippen LogP contribution in [0.15, 0.2) is 12.1 Å². The van der Waals surface area contributed by atoms with E-state index in [0.29, 0.717) is 19.0 Å². The van der Waals surface area contributed by atoms with E-state index in [1.165, 1.54) is 19.2 Å². The Morgan fingerprint density at radius 2 is 2.25 bits per heavy atom. The zero-order chi connectivity index (χ0) is 14.9. The standard InChI is InChI=1S/C12H15N3O5/c1-7(12(16)17)8-5-14(6-8)11-9(15(18)19)3-4-10(13-11)20-2/h3-4,7-8H,5-6H2,1-2H3,(H,16,17). The Balaban J connectivity index is 2.18. The van der Waals surface area contributed by atoms with E-state index in [1.54, 1.807) is 11.8 Å². The number of methoxy groups -OCH3 is 1. The van der Waals surface area contributed by atoms with Crippen molar-refractivity contribution in [2.24, 2.45) is 11.8 Å². The summed E-state index contributed by atoms with van der Waals surface area (Å²) >= 11 is 0. The second-order valence-electron chi connectivity index (χ2n) is 4.75. The second kappa shape index (κ2) is 5.32. The monoisotopic (exact) mass is 281 g/mol. The molecule has 0 aromatic carbocycles. The molecular formula is C12H15N3O5. The highest BCUT2D eigenvalue weighted by Gasteiger charge is 2.38. The van der Waals surface area contributed by atoms with Crippen LogP contribution in [0.3, 0.4) is 0 Å². The fourth-order valence-corrected chi connectivity index (χ4v) is 2.12. The van der Waals surface area contributed by atoms with Gasteiger partial charge in [-0.15, -0.1) is 0 Å². The van der Waals surface area contributed by atoms with Crippen molar-refractivity contribution in [2.75, 3.05) is 25.1 Å². The number of aliphatic carboxylic acids is 1. The normalized spacial score (nSPS) is 16.4. The molecule has 20 heavy (non-hydrogen) atoms. The topological polar surface area (TPSA) is 106 Å². The number of anilines is 1. The Labute approximate surface area is 115 Å². The Hall–Kier alpha value is -2.38. The first kappa shape index (κ1) is 14.0. The highest BCUT2D eigenvalue weighted by atomic mass is 16.6. The maximum atomic E-state index is 11.0. The van der Waals surface area contributed by atoms with Gasteiger partial charge in [-0.1, -0.05) is 6.92 Å². The highest BCUT2D eigenvalue weighted by molar-refractivity contribution is 5.71. The molecule has 0 aliphatic carbocycles. The Morgan fingerprint density at radius 3 is 2.75 bits per heavy atom. The summed E-state index contributed by atoms with van der Waals surface area (Å²) < 4.78 is 4.97. The number of ether oxygens (including phenoxy) is 1. The van der Waals surface area contributed by atoms with Crippen molar-refractivity contribution in [1.29, 1.82) is 0 Å². The van der Waals surface area contributed by atoms with Crippen molar-refractivity contribution < 1.29 is 19.6 Å². The lowest BCUT2D eigenvalue weighted by Crippen LogP contribution is -2.51. The van der Waals surface area contributed by atoms with Gasteiger partial charge < -0.3 is 14.7 Å². The third-order valence-electron chi connectivity index (χ3n) is 3.54. The lowest BCUT2D eigenvalue weighted by atomic mass is 9.87. The molecule has 108 valence electrons. The summed E-state index contributed by atoms with van der Waals surface area (Å²) in [5.41, 5.74) is -0.104. The Morgan fingerprint density at radius 1 is 1.60 bits per heavy atom. The molecule has 1 aliphatic rings. The van der Waals surface area contributed by atoms with Gasteiger partial charge in [-0.25, -0.2) is 0 Å². The molecule has 0 bridgehead atoms. The zero-order valence-corrected chi connectivity index (χ0v) is 11.1. The second-order valence-corrected chi connectivity index (χ2v) is 4.75. The fraction of sp³-hybridized carbons (Fsp3) is 0.500. The smallest absolute Gasteiger partial charge is 0.311 e. The van der Waals surface area contributed by atoms with E-state index in [1.807, 2.05) is 0 Å². The van der Waals surface area contributed by atoms with E-state index in [0.717, 1.165) is 0 Å². The van der Waals surface area contributed by atoms with Crippen LogP contribution < -0.4 is 9.64 Å². The first-order valence-corrected chi connectivity index (χ1v) is 6.11. The van der Waals surface area contributed by atoms with E-state index in [2.05, 4.69) is 4.98 Å². The molecule has 0 radical (unpaired) electrons. The Bertz CT molecular complexity index is 542. The van der Waals surface area contributed by atoms with Crippen LogP contribution in [0, 0.1) is 22.0 Å². The number of aromatic nitrogens is 1. The molecule has 0 spiro atoms. The largest absolute Gasteiger partial charge is 0.481 e. The minimum absolute atomic E-state index is 0.0277. The maximum Gasteiger partial charge on any atom is 0.311 e. The summed E-state index contributed by atoms with van der Waals surface area (Å²) in [6.45, 7) is 2.51. The van der Waals surface area contributed by atoms with Gasteiger partial charge in [0.1, 0.15) is 0 Å². The van der Waals surface area contributed by atoms with Gasteiger partial charge in [0.25, 0.3) is 0 Å². The maximum absolute atomic E-state index is 11.0. The van der Waals surface area contributed by atoms with Gasteiger partial charge in [-0.05, 0) is 0 Å². The molecular weight excluding hydrogens is 266 g/mol. The van der Waals surface area contributed by atoms with Gasteiger partial charge in [0.15, 0.2) is 0 Å². The first-order chi connectivity index (χ1) is 9.43. The molecule has 2 rings (SSSR count). The SMILES string of the molecule is COc1ccc([N+](=O)[O-])c(N2CC(C(C)C(=O)O)C2)n1. The van der Waals surface area contributed by atoms with Crippen LogP contribution in [0.5, 0.6) is 5.88 Å². The third kappa shape index (κ3) is 2.49. The number of carbonyl (C=O) groups is 1. The van der Waals surface area contributed by atoms with Crippen LogP contribution in [0.25, 0.3) is 0 Å². The molecule has 1 N–H and O–H groups in total. The van der Waals surface area contributed by atoms with Gasteiger partial charge in [-0.2, -0.15) is 4.98 Å². The number of nitro groups is 1. The number of pyridine rings is 1. The summed E-state index contributed by atoms with van der Waals surface area (Å²) in [5, 5.41) is 19.9. The molecule has 1 aliphatic heterocycles. The first-order valence-electron chi connectivity index (χ1n) is 6.11. The summed E-state index contributed by atoms with van der Waals surface area (Å²) in [6, 6.07) is 2.77. The number of hydrogen-bond acceptors (Lipinski definition) is 6. The molecule has 1 aromatic heterocycles. The van der Waals surface area contributed by atoms with Crippen molar-refractivity contribution >= 4 is 17.5 Å². The zero-order valence-electron chi connectivity index (χ0n) is 11.1. The Kier molecular flexibility index (Phi) is 3.73. The lowest BCUT2D eigenvalue weighted by Gasteiger charge is -2.41. The van der Waals surface area contributed by atoms with Crippen molar-refractivity contribution in [3.05, 3.63) is 22.2 Å². The average Bonchev–Trinajstić information content (AvgIpc) is 2.36. The van der Waals surface area contributed by atoms with E-state index < -0.39 is 16.8 Å². The van der Waals surface area contributed by atoms with Gasteiger partial charge in [0.2, 0.25) is 11.7 Å². The summed E-state index contributed by atoms with van der Waals surface area (Å²) in [6.07, 6.45) is 0. The molecule has 1 aromatic rings. The lowest BCUT2D eigenvalue weighted by molar-refractivity contribution is -0.384. The van der Waals surface area contributed by atoms with Crippen LogP contribution in [0.1, 0.15) is 6.92 Å². The van der Waals surface area contributed by atoms with Crippen LogP contribution in [0.2, 0.25) is 0 Å². The van der Waals surface area contributed by atoms with Crippen LogP contribution in [0.4, 0.5) is 11.5 Å². The molecule has 0 saturated carbocycles. The number of carboxylic acid groups (broad SMARTS) is 1. The van der Waals surface area contributed by atoms with E-state index in [9.17, 15) is 14.9 Å². The average molecular weight is 281 g/mol. The fourth-order valence-electron chi connectivity index (χ4n) is 2.12.